The molecule has 0 radical (unpaired) electrons. The van der Waals surface area contributed by atoms with Crippen molar-refractivity contribution in [3.8, 4) is 5.75 Å². The molecule has 5 nitrogen and oxygen atoms in total. The van der Waals surface area contributed by atoms with Gasteiger partial charge in [0.05, 0.1) is 12.0 Å². The average Bonchev–Trinajstić information content (AvgIpc) is 2.73. The summed E-state index contributed by atoms with van der Waals surface area (Å²) in [5.74, 6) is 0.726. The first-order valence-corrected chi connectivity index (χ1v) is 12.3. The van der Waals surface area contributed by atoms with Crippen molar-refractivity contribution in [2.75, 3.05) is 26.7 Å². The Kier molecular flexibility index (Phi) is 9.37. The predicted octanol–water partition coefficient (Wildman–Crippen LogP) is 4.55. The molecule has 1 N–H and O–H groups in total. The minimum atomic E-state index is -3.53. The van der Waals surface area contributed by atoms with Gasteiger partial charge in [-0.25, -0.2) is 13.1 Å². The van der Waals surface area contributed by atoms with Crippen LogP contribution in [-0.4, -0.2) is 40.1 Å². The van der Waals surface area contributed by atoms with Crippen LogP contribution < -0.4 is 9.46 Å². The van der Waals surface area contributed by atoms with Gasteiger partial charge in [0.2, 0.25) is 10.0 Å². The minimum absolute atomic E-state index is 0. The number of unbranched alkanes of at least 4 members (excludes halogenated alkanes) is 2. The molecule has 31 heavy (non-hydrogen) atoms. The van der Waals surface area contributed by atoms with Crippen LogP contribution in [0.4, 0.5) is 0 Å². The van der Waals surface area contributed by atoms with E-state index in [2.05, 4.69) is 33.9 Å². The van der Waals surface area contributed by atoms with Crippen molar-refractivity contribution in [3.63, 3.8) is 0 Å². The smallest absolute Gasteiger partial charge is 0.241 e. The van der Waals surface area contributed by atoms with Crippen molar-refractivity contribution in [2.45, 2.75) is 57.9 Å². The number of rotatable bonds is 9. The van der Waals surface area contributed by atoms with Crippen molar-refractivity contribution in [1.82, 2.24) is 9.62 Å². The second-order valence-electron chi connectivity index (χ2n) is 8.23. The molecule has 0 saturated heterocycles. The van der Waals surface area contributed by atoms with Gasteiger partial charge in [0.15, 0.2) is 0 Å². The minimum Gasteiger partial charge on any atom is -0.496 e. The van der Waals surface area contributed by atoms with Crippen molar-refractivity contribution < 1.29 is 13.2 Å². The second-order valence-corrected chi connectivity index (χ2v) is 9.93. The number of ether oxygens (including phenoxy) is 1. The number of benzene rings is 2. The van der Waals surface area contributed by atoms with Gasteiger partial charge < -0.3 is 4.74 Å². The fourth-order valence-corrected chi connectivity index (χ4v) is 5.90. The van der Waals surface area contributed by atoms with Crippen LogP contribution in [0.3, 0.4) is 0 Å². The molecule has 0 atom stereocenters. The first-order chi connectivity index (χ1) is 14.3. The van der Waals surface area contributed by atoms with Gasteiger partial charge in [-0.3, -0.25) is 4.90 Å². The summed E-state index contributed by atoms with van der Waals surface area (Å²) in [5.41, 5.74) is 5.25. The molecule has 2 aromatic rings. The van der Waals surface area contributed by atoms with Gasteiger partial charge in [0.25, 0.3) is 0 Å². The van der Waals surface area contributed by atoms with E-state index in [1.165, 1.54) is 11.1 Å². The Labute approximate surface area is 193 Å². The monoisotopic (exact) mass is 466 g/mol. The average molecular weight is 467 g/mol. The highest BCUT2D eigenvalue weighted by molar-refractivity contribution is 7.89. The van der Waals surface area contributed by atoms with E-state index in [4.69, 9.17) is 4.74 Å². The van der Waals surface area contributed by atoms with Crippen LogP contribution in [0.15, 0.2) is 35.2 Å². The van der Waals surface area contributed by atoms with Crippen LogP contribution in [-0.2, 0) is 23.0 Å². The molecular formula is C24H35ClN2O3S. The Morgan fingerprint density at radius 2 is 1.74 bits per heavy atom. The molecule has 2 aromatic carbocycles. The maximum atomic E-state index is 12.9. The van der Waals surface area contributed by atoms with Gasteiger partial charge in [-0.2, -0.15) is 0 Å². The van der Waals surface area contributed by atoms with Crippen molar-refractivity contribution in [1.29, 1.82) is 0 Å². The van der Waals surface area contributed by atoms with E-state index in [1.54, 1.807) is 13.2 Å². The Hall–Kier alpha value is -1.60. The normalized spacial score (nSPS) is 14.1. The van der Waals surface area contributed by atoms with Crippen molar-refractivity contribution in [3.05, 3.63) is 58.1 Å². The Bertz CT molecular complexity index is 993. The van der Waals surface area contributed by atoms with Crippen LogP contribution in [0, 0.1) is 20.8 Å². The van der Waals surface area contributed by atoms with Gasteiger partial charge in [-0.1, -0.05) is 30.7 Å². The number of sulfonamides is 1. The number of fused-ring (bicyclic) bond motifs is 1. The van der Waals surface area contributed by atoms with E-state index in [-0.39, 0.29) is 12.4 Å². The molecule has 172 valence electrons. The molecule has 1 aliphatic rings. The van der Waals surface area contributed by atoms with Crippen LogP contribution in [0.1, 0.15) is 47.1 Å². The van der Waals surface area contributed by atoms with E-state index in [0.717, 1.165) is 62.2 Å². The zero-order valence-electron chi connectivity index (χ0n) is 19.0. The number of nitrogens with one attached hydrogen (secondary N) is 1. The maximum absolute atomic E-state index is 12.9. The quantitative estimate of drug-likeness (QED) is 0.551. The molecule has 0 fully saturated rings. The van der Waals surface area contributed by atoms with E-state index in [0.29, 0.717) is 17.0 Å². The summed E-state index contributed by atoms with van der Waals surface area (Å²) >= 11 is 0. The predicted molar refractivity (Wildman–Crippen MR) is 129 cm³/mol. The van der Waals surface area contributed by atoms with E-state index >= 15 is 0 Å². The Balaban J connectivity index is 0.00000341. The van der Waals surface area contributed by atoms with Crippen molar-refractivity contribution >= 4 is 22.4 Å². The first kappa shape index (κ1) is 25.7. The van der Waals surface area contributed by atoms with Gasteiger partial charge >= 0.3 is 0 Å². The highest BCUT2D eigenvalue weighted by Crippen LogP contribution is 2.30. The molecule has 0 spiro atoms. The highest BCUT2D eigenvalue weighted by Gasteiger charge is 2.22. The highest BCUT2D eigenvalue weighted by atomic mass is 35.5. The number of halogens is 1. The summed E-state index contributed by atoms with van der Waals surface area (Å²) in [4.78, 5) is 2.88. The van der Waals surface area contributed by atoms with Crippen LogP contribution in [0.25, 0.3) is 0 Å². The maximum Gasteiger partial charge on any atom is 0.241 e. The number of hydrogen-bond acceptors (Lipinski definition) is 4. The standard InChI is InChI=1S/C24H34N2O3S.ClH/c1-18-16-23(29-4)19(2)20(3)24(18)30(27,28)25-13-8-5-9-14-26-15-12-21-10-6-7-11-22(21)17-26;/h6-7,10-11,16,25H,5,8-9,12-15,17H2,1-4H3;1H. The third-order valence-corrected chi connectivity index (χ3v) is 7.87. The van der Waals surface area contributed by atoms with Crippen LogP contribution in [0.2, 0.25) is 0 Å². The summed E-state index contributed by atoms with van der Waals surface area (Å²) in [5, 5.41) is 0. The molecule has 0 amide bonds. The SMILES string of the molecule is COc1cc(C)c(S(=O)(=O)NCCCCCN2CCc3ccccc3C2)c(C)c1C.Cl. The Morgan fingerprint density at radius 1 is 1.03 bits per heavy atom. The number of hydrogen-bond donors (Lipinski definition) is 1. The third kappa shape index (κ3) is 6.22. The lowest BCUT2D eigenvalue weighted by molar-refractivity contribution is 0.248. The van der Waals surface area contributed by atoms with Crippen LogP contribution >= 0.6 is 12.4 Å². The zero-order valence-corrected chi connectivity index (χ0v) is 20.7. The summed E-state index contributed by atoms with van der Waals surface area (Å²) in [6.07, 6.45) is 4.07. The fourth-order valence-electron chi connectivity index (χ4n) is 4.31. The lowest BCUT2D eigenvalue weighted by Gasteiger charge is -2.28. The second kappa shape index (κ2) is 11.3. The van der Waals surface area contributed by atoms with E-state index in [1.807, 2.05) is 20.8 Å². The molecule has 0 aliphatic carbocycles. The van der Waals surface area contributed by atoms with Gasteiger partial charge in [-0.15, -0.1) is 12.4 Å². The number of methoxy groups -OCH3 is 1. The molecule has 7 heteroatoms. The van der Waals surface area contributed by atoms with Gasteiger partial charge in [0.1, 0.15) is 5.75 Å². The third-order valence-electron chi connectivity index (χ3n) is 6.12. The van der Waals surface area contributed by atoms with Gasteiger partial charge in [0, 0.05) is 19.6 Å². The fraction of sp³-hybridized carbons (Fsp3) is 0.500. The van der Waals surface area contributed by atoms with E-state index < -0.39 is 10.0 Å². The molecule has 0 unspecified atom stereocenters. The summed E-state index contributed by atoms with van der Waals surface area (Å²) in [6.45, 7) is 9.23. The first-order valence-electron chi connectivity index (χ1n) is 10.8. The summed E-state index contributed by atoms with van der Waals surface area (Å²) in [6, 6.07) is 10.5. The van der Waals surface area contributed by atoms with E-state index in [9.17, 15) is 8.42 Å². The molecule has 3 rings (SSSR count). The largest absolute Gasteiger partial charge is 0.496 e. The molecule has 0 bridgehead atoms. The zero-order chi connectivity index (χ0) is 21.7. The topological polar surface area (TPSA) is 58.6 Å². The van der Waals surface area contributed by atoms with Gasteiger partial charge in [-0.05, 0) is 80.5 Å². The Morgan fingerprint density at radius 3 is 2.45 bits per heavy atom. The summed E-state index contributed by atoms with van der Waals surface area (Å²) < 4.78 is 33.9. The molecule has 0 aromatic heterocycles. The van der Waals surface area contributed by atoms with Crippen LogP contribution in [0.5, 0.6) is 5.75 Å². The molecule has 1 heterocycles. The lowest BCUT2D eigenvalue weighted by atomic mass is 10.00. The molecule has 1 aliphatic heterocycles. The molecule has 0 saturated carbocycles. The number of aryl methyl sites for hydroxylation is 1. The van der Waals surface area contributed by atoms with Crippen molar-refractivity contribution in [2.24, 2.45) is 0 Å². The summed E-state index contributed by atoms with van der Waals surface area (Å²) in [7, 11) is -1.92. The molecular weight excluding hydrogens is 432 g/mol. The number of nitrogens with zero attached hydrogens (tertiary/aromatic N) is 1. The lowest BCUT2D eigenvalue weighted by Crippen LogP contribution is -2.31.